The van der Waals surface area contributed by atoms with E-state index in [4.69, 9.17) is 0 Å². The smallest absolute Gasteiger partial charge is 0.256 e. The van der Waals surface area contributed by atoms with E-state index < -0.39 is 11.9 Å². The Morgan fingerprint density at radius 3 is 1.90 bits per heavy atom. The number of nitrogens with one attached hydrogen (secondary N) is 2. The molecular weight excluding hydrogens is 368 g/mol. The summed E-state index contributed by atoms with van der Waals surface area (Å²) in [4.78, 5) is 35.9. The highest BCUT2D eigenvalue weighted by Crippen LogP contribution is 2.17. The van der Waals surface area contributed by atoms with Crippen LogP contribution < -0.4 is 15.7 Å². The van der Waals surface area contributed by atoms with Gasteiger partial charge in [-0.1, -0.05) is 24.3 Å². The van der Waals surface area contributed by atoms with Gasteiger partial charge >= 0.3 is 0 Å². The molecular formula is C23H19N2O4-. The van der Waals surface area contributed by atoms with Crippen LogP contribution in [0.25, 0.3) is 0 Å². The number of hydrogen-bond acceptors (Lipinski definition) is 4. The number of carboxylic acids is 1. The van der Waals surface area contributed by atoms with E-state index in [1.165, 1.54) is 18.2 Å². The number of aryl methyl sites for hydroxylation is 2. The summed E-state index contributed by atoms with van der Waals surface area (Å²) in [5, 5.41) is 16.6. The molecule has 0 radical (unpaired) electrons. The zero-order valence-electron chi connectivity index (χ0n) is 16.0. The predicted octanol–water partition coefficient (Wildman–Crippen LogP) is 3.17. The van der Waals surface area contributed by atoms with Crippen LogP contribution in [0.3, 0.4) is 0 Å². The number of benzene rings is 3. The fraction of sp³-hybridized carbons (Fsp3) is 0.0870. The van der Waals surface area contributed by atoms with Crippen LogP contribution in [0.15, 0.2) is 66.7 Å². The number of anilines is 2. The molecule has 0 aliphatic carbocycles. The molecule has 29 heavy (non-hydrogen) atoms. The second-order valence-corrected chi connectivity index (χ2v) is 6.62. The van der Waals surface area contributed by atoms with Crippen LogP contribution in [0.1, 0.15) is 42.2 Å². The van der Waals surface area contributed by atoms with Crippen LogP contribution in [0, 0.1) is 13.8 Å². The van der Waals surface area contributed by atoms with Gasteiger partial charge in [0.15, 0.2) is 0 Å². The molecule has 0 aromatic heterocycles. The normalized spacial score (nSPS) is 10.3. The van der Waals surface area contributed by atoms with Crippen molar-refractivity contribution in [3.63, 3.8) is 0 Å². The lowest BCUT2D eigenvalue weighted by Gasteiger charge is -2.11. The summed E-state index contributed by atoms with van der Waals surface area (Å²) in [7, 11) is 0. The Hall–Kier alpha value is -3.93. The van der Waals surface area contributed by atoms with Gasteiger partial charge in [0.05, 0.1) is 5.97 Å². The Morgan fingerprint density at radius 1 is 0.690 bits per heavy atom. The fourth-order valence-corrected chi connectivity index (χ4v) is 2.78. The minimum Gasteiger partial charge on any atom is -0.545 e. The van der Waals surface area contributed by atoms with Crippen molar-refractivity contribution in [2.75, 3.05) is 10.6 Å². The number of hydrogen-bond donors (Lipinski definition) is 2. The topological polar surface area (TPSA) is 98.3 Å². The van der Waals surface area contributed by atoms with Crippen molar-refractivity contribution in [2.45, 2.75) is 13.8 Å². The molecule has 0 saturated carbocycles. The van der Waals surface area contributed by atoms with Crippen LogP contribution >= 0.6 is 0 Å². The summed E-state index contributed by atoms with van der Waals surface area (Å²) in [6.45, 7) is 3.97. The molecule has 0 saturated heterocycles. The van der Waals surface area contributed by atoms with E-state index in [0.717, 1.165) is 11.1 Å². The number of rotatable bonds is 5. The maximum atomic E-state index is 12.4. The molecule has 2 N–H and O–H groups in total. The van der Waals surface area contributed by atoms with E-state index in [1.807, 2.05) is 32.0 Å². The average Bonchev–Trinajstić information content (AvgIpc) is 2.71. The molecule has 2 amide bonds. The Kier molecular flexibility index (Phi) is 5.74. The van der Waals surface area contributed by atoms with Crippen molar-refractivity contribution in [3.8, 4) is 0 Å². The first-order valence-corrected chi connectivity index (χ1v) is 8.95. The third-order valence-corrected chi connectivity index (χ3v) is 4.56. The lowest BCUT2D eigenvalue weighted by Crippen LogP contribution is -2.26. The third-order valence-electron chi connectivity index (χ3n) is 4.56. The van der Waals surface area contributed by atoms with Crippen LogP contribution in [0.4, 0.5) is 11.4 Å². The third kappa shape index (κ3) is 4.68. The first kappa shape index (κ1) is 19.8. The summed E-state index contributed by atoms with van der Waals surface area (Å²) >= 11 is 0. The molecule has 0 aliphatic rings. The van der Waals surface area contributed by atoms with E-state index in [1.54, 1.807) is 30.3 Å². The molecule has 6 nitrogen and oxygen atoms in total. The quantitative estimate of drug-likeness (QED) is 0.702. The summed E-state index contributed by atoms with van der Waals surface area (Å²) in [6.07, 6.45) is 0. The Labute approximate surface area is 168 Å². The van der Waals surface area contributed by atoms with Gasteiger partial charge in [-0.15, -0.1) is 0 Å². The Morgan fingerprint density at radius 2 is 1.28 bits per heavy atom. The Balaban J connectivity index is 1.70. The molecule has 0 fully saturated rings. The molecule has 6 heteroatoms. The summed E-state index contributed by atoms with van der Waals surface area (Å²) in [5.74, 6) is -2.26. The van der Waals surface area contributed by atoms with Crippen molar-refractivity contribution < 1.29 is 19.5 Å². The van der Waals surface area contributed by atoms with Gasteiger partial charge in [-0.3, -0.25) is 9.59 Å². The molecule has 3 aromatic rings. The zero-order chi connectivity index (χ0) is 21.0. The SMILES string of the molecule is Cc1ccc(NC(=O)c2ccc(NC(=O)c3ccccc3C(=O)[O-])cc2)cc1C. The predicted molar refractivity (Wildman–Crippen MR) is 109 cm³/mol. The van der Waals surface area contributed by atoms with Gasteiger partial charge in [0.25, 0.3) is 11.8 Å². The molecule has 3 aromatic carbocycles. The van der Waals surface area contributed by atoms with Crippen molar-refractivity contribution in [1.29, 1.82) is 0 Å². The van der Waals surface area contributed by atoms with E-state index in [0.29, 0.717) is 16.9 Å². The minimum absolute atomic E-state index is 0.00376. The number of carbonyl (C=O) groups excluding carboxylic acids is 3. The van der Waals surface area contributed by atoms with Gasteiger partial charge in [-0.2, -0.15) is 0 Å². The molecule has 146 valence electrons. The maximum absolute atomic E-state index is 12.4. The molecule has 0 aliphatic heterocycles. The van der Waals surface area contributed by atoms with Gasteiger partial charge in [0.1, 0.15) is 0 Å². The molecule has 0 heterocycles. The second-order valence-electron chi connectivity index (χ2n) is 6.62. The largest absolute Gasteiger partial charge is 0.545 e. The summed E-state index contributed by atoms with van der Waals surface area (Å²) in [6, 6.07) is 17.8. The van der Waals surface area contributed by atoms with Gasteiger partial charge < -0.3 is 20.5 Å². The fourth-order valence-electron chi connectivity index (χ4n) is 2.78. The monoisotopic (exact) mass is 387 g/mol. The molecule has 3 rings (SSSR count). The minimum atomic E-state index is -1.42. The second kappa shape index (κ2) is 8.39. The highest BCUT2D eigenvalue weighted by Gasteiger charge is 2.12. The van der Waals surface area contributed by atoms with Crippen molar-refractivity contribution >= 4 is 29.2 Å². The number of carboxylic acid groups (broad SMARTS) is 1. The Bertz CT molecular complexity index is 1090. The summed E-state index contributed by atoms with van der Waals surface area (Å²) in [5.41, 5.74) is 3.61. The van der Waals surface area contributed by atoms with E-state index >= 15 is 0 Å². The first-order chi connectivity index (χ1) is 13.8. The van der Waals surface area contributed by atoms with E-state index in [2.05, 4.69) is 10.6 Å². The van der Waals surface area contributed by atoms with Gasteiger partial charge in [-0.25, -0.2) is 0 Å². The number of carbonyl (C=O) groups is 3. The standard InChI is InChI=1S/C23H20N2O4/c1-14-7-10-18(13-15(14)2)25-21(26)16-8-11-17(12-9-16)24-22(27)19-5-3-4-6-20(19)23(28)29/h3-13H,1-2H3,(H,24,27)(H,25,26)(H,28,29)/p-1. The van der Waals surface area contributed by atoms with Gasteiger partial charge in [0.2, 0.25) is 0 Å². The molecule has 0 unspecified atom stereocenters. The molecule has 0 spiro atoms. The molecule has 0 bridgehead atoms. The van der Waals surface area contributed by atoms with Crippen molar-refractivity contribution in [2.24, 2.45) is 0 Å². The maximum Gasteiger partial charge on any atom is 0.256 e. The van der Waals surface area contributed by atoms with Crippen molar-refractivity contribution in [1.82, 2.24) is 0 Å². The first-order valence-electron chi connectivity index (χ1n) is 8.95. The number of aromatic carboxylic acids is 1. The lowest BCUT2D eigenvalue weighted by molar-refractivity contribution is -0.255. The van der Waals surface area contributed by atoms with Crippen LogP contribution in [0.5, 0.6) is 0 Å². The molecule has 0 atom stereocenters. The lowest BCUT2D eigenvalue weighted by atomic mass is 10.1. The zero-order valence-corrected chi connectivity index (χ0v) is 16.0. The highest BCUT2D eigenvalue weighted by atomic mass is 16.4. The van der Waals surface area contributed by atoms with E-state index in [9.17, 15) is 19.5 Å². The van der Waals surface area contributed by atoms with Crippen LogP contribution in [-0.2, 0) is 0 Å². The number of amides is 2. The highest BCUT2D eigenvalue weighted by molar-refractivity contribution is 6.10. The van der Waals surface area contributed by atoms with Crippen LogP contribution in [-0.4, -0.2) is 17.8 Å². The average molecular weight is 387 g/mol. The van der Waals surface area contributed by atoms with Crippen LogP contribution in [0.2, 0.25) is 0 Å². The summed E-state index contributed by atoms with van der Waals surface area (Å²) < 4.78 is 0. The van der Waals surface area contributed by atoms with E-state index in [-0.39, 0.29) is 17.0 Å². The van der Waals surface area contributed by atoms with Crippen molar-refractivity contribution in [3.05, 3.63) is 94.5 Å². The van der Waals surface area contributed by atoms with Gasteiger partial charge in [0, 0.05) is 28.1 Å². The van der Waals surface area contributed by atoms with Gasteiger partial charge in [-0.05, 0) is 67.4 Å².